The molecule has 0 bridgehead atoms. The van der Waals surface area contributed by atoms with Gasteiger partial charge in [0.2, 0.25) is 11.9 Å². The lowest BCUT2D eigenvalue weighted by molar-refractivity contribution is 0.311. The van der Waals surface area contributed by atoms with Crippen LogP contribution in [0.15, 0.2) is 75.7 Å². The van der Waals surface area contributed by atoms with Gasteiger partial charge in [0.15, 0.2) is 5.16 Å². The highest BCUT2D eigenvalue weighted by molar-refractivity contribution is 7.99. The molecule has 5 rings (SSSR count). The van der Waals surface area contributed by atoms with E-state index in [0.29, 0.717) is 29.4 Å². The number of benzene rings is 2. The second kappa shape index (κ2) is 9.68. The Morgan fingerprint density at radius 1 is 0.909 bits per heavy atom. The normalized spacial score (nSPS) is 16.5. The van der Waals surface area contributed by atoms with Crippen molar-refractivity contribution in [2.75, 3.05) is 50.0 Å². The number of aliphatic imine (C=N–C) groups is 1. The van der Waals surface area contributed by atoms with Crippen molar-refractivity contribution in [3.8, 4) is 0 Å². The van der Waals surface area contributed by atoms with Gasteiger partial charge in [-0.1, -0.05) is 30.3 Å². The van der Waals surface area contributed by atoms with Crippen LogP contribution in [0.5, 0.6) is 0 Å². The van der Waals surface area contributed by atoms with Crippen molar-refractivity contribution in [1.29, 1.82) is 0 Å². The average molecular weight is 462 g/mol. The molecule has 0 spiro atoms. The molecule has 0 radical (unpaired) electrons. The Kier molecular flexibility index (Phi) is 6.32. The molecule has 9 heteroatoms. The lowest BCUT2D eigenvalue weighted by Gasteiger charge is -2.32. The van der Waals surface area contributed by atoms with E-state index in [9.17, 15) is 4.39 Å². The summed E-state index contributed by atoms with van der Waals surface area (Å²) in [6.45, 7) is 4.18. The number of rotatable bonds is 5. The zero-order valence-electron chi connectivity index (χ0n) is 18.3. The van der Waals surface area contributed by atoms with Gasteiger partial charge in [-0.2, -0.15) is 15.0 Å². The molecule has 3 aromatic rings. The van der Waals surface area contributed by atoms with Crippen molar-refractivity contribution in [2.45, 2.75) is 10.1 Å². The molecule has 0 atom stereocenters. The summed E-state index contributed by atoms with van der Waals surface area (Å²) in [7, 11) is 2.12. The van der Waals surface area contributed by atoms with E-state index in [1.54, 1.807) is 12.1 Å². The topological polar surface area (TPSA) is 69.5 Å². The molecule has 0 unspecified atom stereocenters. The number of nitrogens with zero attached hydrogens (tertiary/aromatic N) is 6. The van der Waals surface area contributed by atoms with Crippen LogP contribution in [-0.2, 0) is 0 Å². The molecule has 33 heavy (non-hydrogen) atoms. The van der Waals surface area contributed by atoms with Crippen LogP contribution in [-0.4, -0.2) is 65.5 Å². The lowest BCUT2D eigenvalue weighted by Crippen LogP contribution is -2.45. The predicted octanol–water partition coefficient (Wildman–Crippen LogP) is 3.82. The molecule has 3 heterocycles. The molecule has 0 saturated carbocycles. The summed E-state index contributed by atoms with van der Waals surface area (Å²) in [5.41, 5.74) is 1.97. The van der Waals surface area contributed by atoms with Crippen LogP contribution >= 0.6 is 11.8 Å². The SMILES string of the molecule is CN1CCN(c2nc(NC3=NCC(c4ccc(F)cc4)=C3)nc(Sc3ccccc3)n2)CC1. The molecule has 2 aliphatic heterocycles. The first-order valence-electron chi connectivity index (χ1n) is 10.8. The fourth-order valence-corrected chi connectivity index (χ4v) is 4.41. The van der Waals surface area contributed by atoms with E-state index in [1.807, 2.05) is 36.4 Å². The highest BCUT2D eigenvalue weighted by Crippen LogP contribution is 2.27. The molecule has 0 amide bonds. The van der Waals surface area contributed by atoms with Crippen molar-refractivity contribution in [1.82, 2.24) is 19.9 Å². The number of aromatic nitrogens is 3. The van der Waals surface area contributed by atoms with Crippen LogP contribution in [0, 0.1) is 5.82 Å². The van der Waals surface area contributed by atoms with E-state index < -0.39 is 0 Å². The number of anilines is 2. The third-order valence-electron chi connectivity index (χ3n) is 5.53. The molecule has 2 aromatic carbocycles. The third kappa shape index (κ3) is 5.37. The summed E-state index contributed by atoms with van der Waals surface area (Å²) in [5.74, 6) is 1.57. The quantitative estimate of drug-likeness (QED) is 0.619. The van der Waals surface area contributed by atoms with Crippen molar-refractivity contribution in [3.05, 3.63) is 72.1 Å². The zero-order valence-corrected chi connectivity index (χ0v) is 19.1. The number of likely N-dealkylation sites (N-methyl/N-ethyl adjacent to an activating group) is 1. The van der Waals surface area contributed by atoms with Gasteiger partial charge in [0.1, 0.15) is 11.7 Å². The molecule has 1 N–H and O–H groups in total. The van der Waals surface area contributed by atoms with E-state index >= 15 is 0 Å². The Morgan fingerprint density at radius 2 is 1.67 bits per heavy atom. The van der Waals surface area contributed by atoms with Crippen LogP contribution in [0.1, 0.15) is 5.56 Å². The van der Waals surface area contributed by atoms with Crippen LogP contribution in [0.25, 0.3) is 5.57 Å². The number of halogens is 1. The van der Waals surface area contributed by atoms with Crippen molar-refractivity contribution < 1.29 is 4.39 Å². The van der Waals surface area contributed by atoms with E-state index in [4.69, 9.17) is 9.97 Å². The number of hydrogen-bond donors (Lipinski definition) is 1. The Morgan fingerprint density at radius 3 is 2.42 bits per heavy atom. The van der Waals surface area contributed by atoms with Gasteiger partial charge >= 0.3 is 0 Å². The first-order chi connectivity index (χ1) is 16.1. The van der Waals surface area contributed by atoms with Crippen LogP contribution in [0.2, 0.25) is 0 Å². The van der Waals surface area contributed by atoms with Crippen molar-refractivity contribution in [2.24, 2.45) is 4.99 Å². The van der Waals surface area contributed by atoms with Crippen LogP contribution in [0.4, 0.5) is 16.3 Å². The summed E-state index contributed by atoms with van der Waals surface area (Å²) in [5, 5.41) is 3.89. The van der Waals surface area contributed by atoms with Crippen LogP contribution in [0.3, 0.4) is 0 Å². The molecule has 0 aliphatic carbocycles. The first kappa shape index (κ1) is 21.5. The van der Waals surface area contributed by atoms with Gasteiger partial charge in [-0.05, 0) is 60.3 Å². The molecule has 1 saturated heterocycles. The summed E-state index contributed by atoms with van der Waals surface area (Å²) >= 11 is 1.51. The second-order valence-corrected chi connectivity index (χ2v) is 8.99. The number of piperazine rings is 1. The molecular formula is C24H24FN7S. The minimum Gasteiger partial charge on any atom is -0.338 e. The minimum atomic E-state index is -0.248. The van der Waals surface area contributed by atoms with Crippen molar-refractivity contribution >= 4 is 35.1 Å². The molecule has 2 aliphatic rings. The number of hydrogen-bond acceptors (Lipinski definition) is 8. The fraction of sp³-hybridized carbons (Fsp3) is 0.250. The molecular weight excluding hydrogens is 437 g/mol. The fourth-order valence-electron chi connectivity index (χ4n) is 3.64. The van der Waals surface area contributed by atoms with Gasteiger partial charge in [0, 0.05) is 31.1 Å². The summed E-state index contributed by atoms with van der Waals surface area (Å²) in [6.07, 6.45) is 1.95. The molecule has 1 fully saturated rings. The van der Waals surface area contributed by atoms with Gasteiger partial charge in [-0.15, -0.1) is 0 Å². The standard InChI is InChI=1S/C24H24FN7S/c1-31-11-13-32(14-12-31)23-28-22(29-24(30-23)33-20-5-3-2-4-6-20)27-21-15-18(16-26-21)17-7-9-19(25)10-8-17/h2-10,15H,11-14,16H2,1H3,(H,26,27,28,29,30). The minimum absolute atomic E-state index is 0.248. The van der Waals surface area contributed by atoms with Crippen molar-refractivity contribution in [3.63, 3.8) is 0 Å². The van der Waals surface area contributed by atoms with Gasteiger partial charge in [-0.25, -0.2) is 4.39 Å². The Balaban J connectivity index is 1.39. The highest BCUT2D eigenvalue weighted by Gasteiger charge is 2.20. The Bertz CT molecular complexity index is 1170. The summed E-state index contributed by atoms with van der Waals surface area (Å²) < 4.78 is 13.3. The Hall–Kier alpha value is -3.30. The maximum atomic E-state index is 13.3. The first-order valence-corrected chi connectivity index (χ1v) is 11.6. The van der Waals surface area contributed by atoms with Gasteiger partial charge in [0.25, 0.3) is 0 Å². The average Bonchev–Trinajstić information content (AvgIpc) is 3.29. The third-order valence-corrected chi connectivity index (χ3v) is 6.40. The Labute approximate surface area is 196 Å². The maximum absolute atomic E-state index is 13.3. The summed E-state index contributed by atoms with van der Waals surface area (Å²) in [4.78, 5) is 24.2. The second-order valence-electron chi connectivity index (χ2n) is 7.95. The number of nitrogens with one attached hydrogen (secondary N) is 1. The molecule has 7 nitrogen and oxygen atoms in total. The van der Waals surface area contributed by atoms with Gasteiger partial charge in [0.05, 0.1) is 6.54 Å². The van der Waals surface area contributed by atoms with E-state index in [2.05, 4.69) is 32.1 Å². The zero-order chi connectivity index (χ0) is 22.6. The lowest BCUT2D eigenvalue weighted by atomic mass is 10.1. The van der Waals surface area contributed by atoms with Gasteiger partial charge in [-0.3, -0.25) is 4.99 Å². The van der Waals surface area contributed by atoms with Gasteiger partial charge < -0.3 is 15.1 Å². The van der Waals surface area contributed by atoms with E-state index in [-0.39, 0.29) is 5.82 Å². The molecule has 168 valence electrons. The summed E-state index contributed by atoms with van der Waals surface area (Å²) in [6, 6.07) is 16.5. The van der Waals surface area contributed by atoms with Crippen LogP contribution < -0.4 is 10.2 Å². The maximum Gasteiger partial charge on any atom is 0.234 e. The largest absolute Gasteiger partial charge is 0.338 e. The number of amidine groups is 1. The molecule has 1 aromatic heterocycles. The highest BCUT2D eigenvalue weighted by atomic mass is 32.2. The van der Waals surface area contributed by atoms with E-state index in [1.165, 1.54) is 23.9 Å². The predicted molar refractivity (Wildman–Crippen MR) is 130 cm³/mol. The smallest absolute Gasteiger partial charge is 0.234 e. The monoisotopic (exact) mass is 461 g/mol. The van der Waals surface area contributed by atoms with E-state index in [0.717, 1.165) is 42.2 Å².